The van der Waals surface area contributed by atoms with E-state index in [2.05, 4.69) is 31.4 Å². The second-order valence-corrected chi connectivity index (χ2v) is 6.69. The molecule has 1 fully saturated rings. The van der Waals surface area contributed by atoms with Crippen molar-refractivity contribution in [3.63, 3.8) is 0 Å². The van der Waals surface area contributed by atoms with Crippen molar-refractivity contribution in [1.82, 2.24) is 10.6 Å². The van der Waals surface area contributed by atoms with Gasteiger partial charge in [-0.15, -0.1) is 12.4 Å². The molecule has 1 saturated heterocycles. The molecule has 0 spiro atoms. The van der Waals surface area contributed by atoms with Crippen molar-refractivity contribution >= 4 is 18.3 Å². The Morgan fingerprint density at radius 2 is 2.00 bits per heavy atom. The van der Waals surface area contributed by atoms with Crippen LogP contribution in [0.15, 0.2) is 24.3 Å². The first-order valence-corrected chi connectivity index (χ1v) is 7.65. The summed E-state index contributed by atoms with van der Waals surface area (Å²) in [4.78, 5) is 12.3. The zero-order chi connectivity index (χ0) is 15.5. The molecule has 1 aliphatic heterocycles. The summed E-state index contributed by atoms with van der Waals surface area (Å²) in [7, 11) is 0. The maximum Gasteiger partial charge on any atom is 0.223 e. The highest BCUT2D eigenvalue weighted by atomic mass is 35.5. The van der Waals surface area contributed by atoms with Crippen molar-refractivity contribution in [3.05, 3.63) is 35.6 Å². The highest BCUT2D eigenvalue weighted by Gasteiger charge is 2.27. The van der Waals surface area contributed by atoms with E-state index in [0.29, 0.717) is 12.6 Å². The van der Waals surface area contributed by atoms with E-state index in [1.165, 1.54) is 12.1 Å². The van der Waals surface area contributed by atoms with Crippen LogP contribution in [0.25, 0.3) is 0 Å². The molecular formula is C17H26ClFN2O. The van der Waals surface area contributed by atoms with Crippen LogP contribution in [0.3, 0.4) is 0 Å². The Hall–Kier alpha value is -1.13. The lowest BCUT2D eigenvalue weighted by molar-refractivity contribution is -0.126. The molecule has 5 heteroatoms. The third-order valence-corrected chi connectivity index (χ3v) is 4.32. The average molecular weight is 329 g/mol. The van der Waals surface area contributed by atoms with E-state index in [-0.39, 0.29) is 35.5 Å². The summed E-state index contributed by atoms with van der Waals surface area (Å²) in [6.07, 6.45) is 1.79. The molecule has 2 rings (SSSR count). The minimum Gasteiger partial charge on any atom is -0.355 e. The van der Waals surface area contributed by atoms with Gasteiger partial charge in [-0.05, 0) is 44.0 Å². The maximum absolute atomic E-state index is 13.0. The lowest BCUT2D eigenvalue weighted by atomic mass is 9.84. The second kappa shape index (κ2) is 7.93. The van der Waals surface area contributed by atoms with Crippen LogP contribution in [0.2, 0.25) is 0 Å². The second-order valence-electron chi connectivity index (χ2n) is 6.69. The fraction of sp³-hybridized carbons (Fsp3) is 0.588. The third kappa shape index (κ3) is 4.96. The zero-order valence-corrected chi connectivity index (χ0v) is 14.3. The Bertz CT molecular complexity index is 490. The molecule has 1 heterocycles. The maximum atomic E-state index is 13.0. The number of carbonyl (C=O) groups excluding carboxylic acids is 1. The lowest BCUT2D eigenvalue weighted by Crippen LogP contribution is -2.45. The molecule has 0 unspecified atom stereocenters. The SMILES string of the molecule is C[C@H]1C[C@@H](C(=O)NCC(C)(C)c2ccc(F)cc2)CCN1.Cl. The number of halogens is 2. The summed E-state index contributed by atoms with van der Waals surface area (Å²) in [5.74, 6) is 0.00563. The molecule has 1 amide bonds. The molecule has 1 aliphatic rings. The first-order valence-electron chi connectivity index (χ1n) is 7.65. The Morgan fingerprint density at radius 1 is 1.36 bits per heavy atom. The van der Waals surface area contributed by atoms with Crippen LogP contribution >= 0.6 is 12.4 Å². The smallest absolute Gasteiger partial charge is 0.223 e. The third-order valence-electron chi connectivity index (χ3n) is 4.32. The Labute approximate surface area is 138 Å². The molecular weight excluding hydrogens is 303 g/mol. The van der Waals surface area contributed by atoms with Gasteiger partial charge in [-0.1, -0.05) is 26.0 Å². The number of hydrogen-bond donors (Lipinski definition) is 2. The van der Waals surface area contributed by atoms with Gasteiger partial charge >= 0.3 is 0 Å². The number of nitrogens with one attached hydrogen (secondary N) is 2. The van der Waals surface area contributed by atoms with E-state index in [1.807, 2.05) is 0 Å². The average Bonchev–Trinajstić information content (AvgIpc) is 2.45. The summed E-state index contributed by atoms with van der Waals surface area (Å²) >= 11 is 0. The van der Waals surface area contributed by atoms with Crippen molar-refractivity contribution in [2.45, 2.75) is 45.1 Å². The number of piperidine rings is 1. The minimum atomic E-state index is -0.234. The summed E-state index contributed by atoms with van der Waals surface area (Å²) < 4.78 is 13.0. The quantitative estimate of drug-likeness (QED) is 0.892. The molecule has 22 heavy (non-hydrogen) atoms. The van der Waals surface area contributed by atoms with Crippen LogP contribution in [0.4, 0.5) is 4.39 Å². The Kier molecular flexibility index (Phi) is 6.82. The molecule has 1 aromatic carbocycles. The summed E-state index contributed by atoms with van der Waals surface area (Å²) in [5, 5.41) is 6.42. The molecule has 0 aromatic heterocycles. The fourth-order valence-electron chi connectivity index (χ4n) is 2.83. The summed E-state index contributed by atoms with van der Waals surface area (Å²) in [5.41, 5.74) is 0.824. The van der Waals surface area contributed by atoms with Gasteiger partial charge in [0.15, 0.2) is 0 Å². The van der Waals surface area contributed by atoms with Crippen molar-refractivity contribution in [1.29, 1.82) is 0 Å². The topological polar surface area (TPSA) is 41.1 Å². The molecule has 0 aliphatic carbocycles. The van der Waals surface area contributed by atoms with Gasteiger partial charge in [0.1, 0.15) is 5.82 Å². The van der Waals surface area contributed by atoms with E-state index >= 15 is 0 Å². The van der Waals surface area contributed by atoms with Crippen molar-refractivity contribution in [2.24, 2.45) is 5.92 Å². The number of hydrogen-bond acceptors (Lipinski definition) is 2. The van der Waals surface area contributed by atoms with E-state index in [9.17, 15) is 9.18 Å². The normalized spacial score (nSPS) is 21.8. The fourth-order valence-corrected chi connectivity index (χ4v) is 2.83. The number of benzene rings is 1. The zero-order valence-electron chi connectivity index (χ0n) is 13.5. The highest BCUT2D eigenvalue weighted by Crippen LogP contribution is 2.23. The summed E-state index contributed by atoms with van der Waals surface area (Å²) in [6.45, 7) is 7.70. The van der Waals surface area contributed by atoms with Gasteiger partial charge in [0, 0.05) is 23.9 Å². The van der Waals surface area contributed by atoms with Gasteiger partial charge in [-0.25, -0.2) is 4.39 Å². The van der Waals surface area contributed by atoms with E-state index < -0.39 is 0 Å². The van der Waals surface area contributed by atoms with Crippen molar-refractivity contribution in [3.8, 4) is 0 Å². The number of rotatable bonds is 4. The number of amides is 1. The Morgan fingerprint density at radius 3 is 2.59 bits per heavy atom. The van der Waals surface area contributed by atoms with Gasteiger partial charge in [0.2, 0.25) is 5.91 Å². The molecule has 1 aromatic rings. The Balaban J connectivity index is 0.00000242. The predicted octanol–water partition coefficient (Wildman–Crippen LogP) is 3.03. The van der Waals surface area contributed by atoms with Crippen LogP contribution in [-0.4, -0.2) is 25.0 Å². The van der Waals surface area contributed by atoms with Crippen LogP contribution in [0.5, 0.6) is 0 Å². The number of carbonyl (C=O) groups is 1. The van der Waals surface area contributed by atoms with Crippen molar-refractivity contribution in [2.75, 3.05) is 13.1 Å². The minimum absolute atomic E-state index is 0. The van der Waals surface area contributed by atoms with Crippen LogP contribution in [0, 0.1) is 11.7 Å². The monoisotopic (exact) mass is 328 g/mol. The van der Waals surface area contributed by atoms with Gasteiger partial charge in [-0.2, -0.15) is 0 Å². The van der Waals surface area contributed by atoms with Gasteiger partial charge < -0.3 is 10.6 Å². The van der Waals surface area contributed by atoms with E-state index in [1.54, 1.807) is 12.1 Å². The highest BCUT2D eigenvalue weighted by molar-refractivity contribution is 5.85. The molecule has 0 saturated carbocycles. The summed E-state index contributed by atoms with van der Waals surface area (Å²) in [6, 6.07) is 6.91. The van der Waals surface area contributed by atoms with Gasteiger partial charge in [0.05, 0.1) is 0 Å². The largest absolute Gasteiger partial charge is 0.355 e. The van der Waals surface area contributed by atoms with Crippen molar-refractivity contribution < 1.29 is 9.18 Å². The lowest BCUT2D eigenvalue weighted by Gasteiger charge is -2.30. The van der Waals surface area contributed by atoms with Crippen LogP contribution in [0.1, 0.15) is 39.2 Å². The van der Waals surface area contributed by atoms with Crippen LogP contribution in [-0.2, 0) is 10.2 Å². The van der Waals surface area contributed by atoms with Gasteiger partial charge in [-0.3, -0.25) is 4.79 Å². The molecule has 2 atom stereocenters. The van der Waals surface area contributed by atoms with E-state index in [0.717, 1.165) is 24.9 Å². The molecule has 0 radical (unpaired) electrons. The first-order chi connectivity index (χ1) is 9.88. The van der Waals surface area contributed by atoms with E-state index in [4.69, 9.17) is 0 Å². The van der Waals surface area contributed by atoms with Crippen LogP contribution < -0.4 is 10.6 Å². The molecule has 2 N–H and O–H groups in total. The molecule has 0 bridgehead atoms. The first kappa shape index (κ1) is 18.9. The molecule has 3 nitrogen and oxygen atoms in total. The molecule has 124 valence electrons. The predicted molar refractivity (Wildman–Crippen MR) is 89.9 cm³/mol. The standard InChI is InChI=1S/C17H25FN2O.ClH/c1-12-10-13(8-9-19-12)16(21)20-11-17(2,3)14-4-6-15(18)7-5-14;/h4-7,12-13,19H,8-11H2,1-3H3,(H,20,21);1H/t12-,13-;/m0./s1. The van der Waals surface area contributed by atoms with Gasteiger partial charge in [0.25, 0.3) is 0 Å².